The standard InChI is InChI=1S/C25H28N4O3/c1-28(2)29(25(31)32-17-18-9-4-3-5-10-18)20-12-8-11-19(15-20)16-23-21-13-6-7-14-22(21)24(30)27-26-23/h3-5,8-12,15H,6-7,13-14,16-17H2,1-2H3,(H,27,30). The summed E-state index contributed by atoms with van der Waals surface area (Å²) in [6.45, 7) is 0.205. The number of hydrogen-bond donors (Lipinski definition) is 1. The summed E-state index contributed by atoms with van der Waals surface area (Å²) in [7, 11) is 3.60. The number of fused-ring (bicyclic) bond motifs is 1. The summed E-state index contributed by atoms with van der Waals surface area (Å²) in [5.41, 5.74) is 5.44. The number of aromatic amines is 1. The van der Waals surface area contributed by atoms with Gasteiger partial charge in [-0.3, -0.25) is 4.79 Å². The molecule has 0 spiro atoms. The van der Waals surface area contributed by atoms with Gasteiger partial charge >= 0.3 is 6.09 Å². The number of ether oxygens (including phenoxy) is 1. The number of anilines is 1. The van der Waals surface area contributed by atoms with Crippen molar-refractivity contribution in [2.24, 2.45) is 0 Å². The lowest BCUT2D eigenvalue weighted by atomic mass is 9.90. The average molecular weight is 433 g/mol. The molecule has 1 aliphatic carbocycles. The predicted molar refractivity (Wildman–Crippen MR) is 124 cm³/mol. The topological polar surface area (TPSA) is 78.5 Å². The second-order valence-corrected chi connectivity index (χ2v) is 8.21. The minimum atomic E-state index is -0.449. The maximum absolute atomic E-state index is 12.9. The molecule has 4 rings (SSSR count). The Balaban J connectivity index is 1.54. The summed E-state index contributed by atoms with van der Waals surface area (Å²) in [6.07, 6.45) is 3.95. The van der Waals surface area contributed by atoms with Crippen LogP contribution < -0.4 is 10.6 Å². The zero-order valence-electron chi connectivity index (χ0n) is 18.5. The van der Waals surface area contributed by atoms with Gasteiger partial charge in [0.25, 0.3) is 5.56 Å². The number of hydrazine groups is 1. The number of benzene rings is 2. The van der Waals surface area contributed by atoms with Crippen molar-refractivity contribution in [3.05, 3.63) is 92.9 Å². The average Bonchev–Trinajstić information content (AvgIpc) is 2.81. The van der Waals surface area contributed by atoms with Gasteiger partial charge in [-0.25, -0.2) is 19.9 Å². The highest BCUT2D eigenvalue weighted by molar-refractivity contribution is 5.86. The van der Waals surface area contributed by atoms with Crippen molar-refractivity contribution in [3.8, 4) is 0 Å². The zero-order chi connectivity index (χ0) is 22.5. The van der Waals surface area contributed by atoms with Crippen LogP contribution in [0, 0.1) is 0 Å². The number of rotatable bonds is 6. The Morgan fingerprint density at radius 3 is 2.47 bits per heavy atom. The maximum atomic E-state index is 12.9. The number of nitrogens with one attached hydrogen (secondary N) is 1. The van der Waals surface area contributed by atoms with Gasteiger partial charge in [0.2, 0.25) is 0 Å². The molecule has 1 aromatic heterocycles. The summed E-state index contributed by atoms with van der Waals surface area (Å²) in [6, 6.07) is 17.4. The number of H-pyrrole nitrogens is 1. The van der Waals surface area contributed by atoms with Crippen molar-refractivity contribution in [2.75, 3.05) is 19.1 Å². The van der Waals surface area contributed by atoms with E-state index in [2.05, 4.69) is 10.2 Å². The van der Waals surface area contributed by atoms with E-state index in [1.54, 1.807) is 19.1 Å². The summed E-state index contributed by atoms with van der Waals surface area (Å²) in [5, 5.41) is 10.2. The molecule has 7 heteroatoms. The molecular weight excluding hydrogens is 404 g/mol. The third-order valence-corrected chi connectivity index (χ3v) is 5.69. The first-order chi connectivity index (χ1) is 15.5. The van der Waals surface area contributed by atoms with E-state index in [-0.39, 0.29) is 12.2 Å². The summed E-state index contributed by atoms with van der Waals surface area (Å²) in [4.78, 5) is 25.0. The summed E-state index contributed by atoms with van der Waals surface area (Å²) < 4.78 is 5.54. The number of nitrogens with zero attached hydrogens (tertiary/aromatic N) is 3. The van der Waals surface area contributed by atoms with Crippen LogP contribution in [0.3, 0.4) is 0 Å². The van der Waals surface area contributed by atoms with E-state index in [9.17, 15) is 9.59 Å². The van der Waals surface area contributed by atoms with Crippen LogP contribution in [0.5, 0.6) is 0 Å². The Morgan fingerprint density at radius 1 is 1.00 bits per heavy atom. The Labute approximate surface area is 187 Å². The molecule has 1 N–H and O–H groups in total. The van der Waals surface area contributed by atoms with Crippen molar-refractivity contribution in [2.45, 2.75) is 38.7 Å². The Morgan fingerprint density at radius 2 is 1.72 bits per heavy atom. The van der Waals surface area contributed by atoms with Gasteiger partial charge in [0.05, 0.1) is 11.4 Å². The number of carbonyl (C=O) groups is 1. The normalized spacial score (nSPS) is 13.0. The molecule has 1 aliphatic rings. The van der Waals surface area contributed by atoms with Crippen LogP contribution in [-0.4, -0.2) is 35.4 Å². The van der Waals surface area contributed by atoms with Crippen LogP contribution in [0.25, 0.3) is 0 Å². The first kappa shape index (κ1) is 21.8. The van der Waals surface area contributed by atoms with Crippen molar-refractivity contribution >= 4 is 11.8 Å². The van der Waals surface area contributed by atoms with E-state index in [0.29, 0.717) is 12.1 Å². The molecule has 32 heavy (non-hydrogen) atoms. The van der Waals surface area contributed by atoms with Gasteiger partial charge in [-0.1, -0.05) is 42.5 Å². The Hall–Kier alpha value is -3.45. The van der Waals surface area contributed by atoms with Crippen LogP contribution in [0.2, 0.25) is 0 Å². The number of amides is 1. The maximum Gasteiger partial charge on any atom is 0.429 e. The predicted octanol–water partition coefficient (Wildman–Crippen LogP) is 3.86. The molecule has 0 atom stereocenters. The minimum absolute atomic E-state index is 0.0721. The molecule has 0 saturated heterocycles. The Kier molecular flexibility index (Phi) is 6.66. The third kappa shape index (κ3) is 4.89. The molecule has 0 unspecified atom stereocenters. The van der Waals surface area contributed by atoms with Gasteiger partial charge in [-0.05, 0) is 54.5 Å². The summed E-state index contributed by atoms with van der Waals surface area (Å²) in [5.74, 6) is 0. The first-order valence-electron chi connectivity index (χ1n) is 10.9. The molecule has 0 saturated carbocycles. The SMILES string of the molecule is CN(C)N(C(=O)OCc1ccccc1)c1cccc(Cc2n[nH]c(=O)c3c2CCCC3)c1. The molecule has 1 amide bonds. The smallest absolute Gasteiger partial charge is 0.429 e. The molecule has 7 nitrogen and oxygen atoms in total. The molecule has 0 bridgehead atoms. The van der Waals surface area contributed by atoms with Crippen molar-refractivity contribution < 1.29 is 9.53 Å². The molecule has 0 fully saturated rings. The monoisotopic (exact) mass is 432 g/mol. The van der Waals surface area contributed by atoms with Crippen molar-refractivity contribution in [1.82, 2.24) is 15.2 Å². The summed E-state index contributed by atoms with van der Waals surface area (Å²) >= 11 is 0. The van der Waals surface area contributed by atoms with Crippen molar-refractivity contribution in [3.63, 3.8) is 0 Å². The molecule has 0 aliphatic heterocycles. The lowest BCUT2D eigenvalue weighted by Gasteiger charge is -2.28. The van der Waals surface area contributed by atoms with Crippen LogP contribution in [-0.2, 0) is 30.6 Å². The fourth-order valence-corrected chi connectivity index (χ4v) is 4.15. The molecule has 1 heterocycles. The van der Waals surface area contributed by atoms with Gasteiger partial charge in [0.15, 0.2) is 0 Å². The Bertz CT molecular complexity index is 1140. The highest BCUT2D eigenvalue weighted by Gasteiger charge is 2.21. The van der Waals surface area contributed by atoms with Crippen LogP contribution in [0.15, 0.2) is 59.4 Å². The van der Waals surface area contributed by atoms with E-state index < -0.39 is 6.09 Å². The molecule has 2 aromatic carbocycles. The second-order valence-electron chi connectivity index (χ2n) is 8.21. The molecule has 0 radical (unpaired) electrons. The van der Waals surface area contributed by atoms with Gasteiger partial charge in [0, 0.05) is 26.1 Å². The molecule has 3 aromatic rings. The highest BCUT2D eigenvalue weighted by atomic mass is 16.6. The largest absolute Gasteiger partial charge is 0.443 e. The van der Waals surface area contributed by atoms with Crippen LogP contribution in [0.1, 0.15) is 40.8 Å². The second kappa shape index (κ2) is 9.78. The van der Waals surface area contributed by atoms with E-state index >= 15 is 0 Å². The van der Waals surface area contributed by atoms with Gasteiger partial charge in [-0.2, -0.15) is 5.10 Å². The molecular formula is C25H28N4O3. The van der Waals surface area contributed by atoms with Crippen LogP contribution in [0.4, 0.5) is 10.5 Å². The number of aromatic nitrogens is 2. The van der Waals surface area contributed by atoms with Gasteiger partial charge in [-0.15, -0.1) is 0 Å². The van der Waals surface area contributed by atoms with Gasteiger partial charge in [0.1, 0.15) is 6.61 Å². The van der Waals surface area contributed by atoms with E-state index in [0.717, 1.165) is 53.6 Å². The fraction of sp³-hybridized carbons (Fsp3) is 0.320. The minimum Gasteiger partial charge on any atom is -0.443 e. The number of carbonyl (C=O) groups excluding carboxylic acids is 1. The fourth-order valence-electron chi connectivity index (χ4n) is 4.15. The van der Waals surface area contributed by atoms with Gasteiger partial charge < -0.3 is 4.74 Å². The third-order valence-electron chi connectivity index (χ3n) is 5.69. The highest BCUT2D eigenvalue weighted by Crippen LogP contribution is 2.24. The number of hydrogen-bond acceptors (Lipinski definition) is 5. The lowest BCUT2D eigenvalue weighted by molar-refractivity contribution is 0.133. The van der Waals surface area contributed by atoms with Crippen molar-refractivity contribution in [1.29, 1.82) is 0 Å². The molecule has 166 valence electrons. The van der Waals surface area contributed by atoms with E-state index in [4.69, 9.17) is 4.74 Å². The quantitative estimate of drug-likeness (QED) is 0.599. The van der Waals surface area contributed by atoms with E-state index in [1.807, 2.05) is 54.6 Å². The zero-order valence-corrected chi connectivity index (χ0v) is 18.5. The van der Waals surface area contributed by atoms with E-state index in [1.165, 1.54) is 5.01 Å². The van der Waals surface area contributed by atoms with Crippen LogP contribution >= 0.6 is 0 Å². The first-order valence-corrected chi connectivity index (χ1v) is 10.9. The lowest BCUT2D eigenvalue weighted by Crippen LogP contribution is -2.42.